The molecule has 252 valence electrons. The second kappa shape index (κ2) is 21.2. The first-order valence-corrected chi connectivity index (χ1v) is 17.8. The molecule has 0 fully saturated rings. The van der Waals surface area contributed by atoms with Gasteiger partial charge in [-0.2, -0.15) is 12.6 Å². The largest absolute Gasteiger partial charge is 0.481 e. The first-order valence-electron chi connectivity index (χ1n) is 14.2. The number of aliphatic carboxylic acids is 1. The maximum Gasteiger partial charge on any atom is 0.315 e. The van der Waals surface area contributed by atoms with Gasteiger partial charge in [-0.05, 0) is 39.8 Å². The summed E-state index contributed by atoms with van der Waals surface area (Å²) in [5.74, 6) is -7.21. The molecule has 1 aromatic carbocycles. The lowest BCUT2D eigenvalue weighted by Gasteiger charge is -2.17. The fourth-order valence-electron chi connectivity index (χ4n) is 4.02. The second-order valence-corrected chi connectivity index (χ2v) is 14.1. The maximum atomic E-state index is 13.2. The summed E-state index contributed by atoms with van der Waals surface area (Å²) in [5, 5.41) is 7.94. The van der Waals surface area contributed by atoms with Gasteiger partial charge in [-0.1, -0.05) is 47.4 Å². The number of ether oxygens (including phenoxy) is 1. The van der Waals surface area contributed by atoms with Crippen molar-refractivity contribution >= 4 is 98.3 Å². The Labute approximate surface area is 285 Å². The predicted octanol–water partition coefficient (Wildman–Crippen LogP) is 4.38. The molecular formula is C31H38O11S4. The molecule has 0 aliphatic rings. The molecule has 0 bridgehead atoms. The van der Waals surface area contributed by atoms with Crippen LogP contribution >= 0.6 is 47.9 Å². The van der Waals surface area contributed by atoms with Crippen LogP contribution in [0.15, 0.2) is 24.3 Å². The standard InChI is InChI=1S/C31H38O11S4/c1-17(32)9-21(13-43)29(39)45-15-23(11-19(3)34)28(38)42-26-8-6-5-7-25(26)31(41)46-16-24(12-20(4)35)30(40)44-14-22(27(36)37)10-18(2)33/h5-8,21-24,43H,9-16H2,1-4H3,(H,36,37). The summed E-state index contributed by atoms with van der Waals surface area (Å²) >= 11 is 6.34. The number of carboxylic acids is 1. The van der Waals surface area contributed by atoms with E-state index in [0.717, 1.165) is 23.5 Å². The van der Waals surface area contributed by atoms with Crippen molar-refractivity contribution in [2.24, 2.45) is 23.7 Å². The Morgan fingerprint density at radius 2 is 1.09 bits per heavy atom. The third-order valence-electron chi connectivity index (χ3n) is 6.29. The average molecular weight is 715 g/mol. The van der Waals surface area contributed by atoms with E-state index in [2.05, 4.69) is 12.6 Å². The van der Waals surface area contributed by atoms with E-state index < -0.39 is 45.8 Å². The zero-order valence-corrected chi connectivity index (χ0v) is 29.3. The molecule has 0 amide bonds. The Morgan fingerprint density at radius 1 is 0.652 bits per heavy atom. The molecule has 1 aromatic rings. The van der Waals surface area contributed by atoms with Crippen molar-refractivity contribution in [3.63, 3.8) is 0 Å². The maximum absolute atomic E-state index is 13.2. The van der Waals surface area contributed by atoms with Gasteiger partial charge in [0.05, 0.1) is 17.4 Å². The highest BCUT2D eigenvalue weighted by Crippen LogP contribution is 2.29. The lowest BCUT2D eigenvalue weighted by Crippen LogP contribution is -2.27. The Kier molecular flexibility index (Phi) is 19.0. The lowest BCUT2D eigenvalue weighted by atomic mass is 10.1. The molecule has 4 unspecified atom stereocenters. The Hall–Kier alpha value is -2.75. The number of carbonyl (C=O) groups excluding carboxylic acids is 8. The van der Waals surface area contributed by atoms with Crippen molar-refractivity contribution in [1.82, 2.24) is 0 Å². The molecule has 1 rings (SSSR count). The van der Waals surface area contributed by atoms with Crippen LogP contribution in [0.1, 0.15) is 63.7 Å². The van der Waals surface area contributed by atoms with Gasteiger partial charge in [0, 0.05) is 60.5 Å². The molecule has 11 nitrogen and oxygen atoms in total. The van der Waals surface area contributed by atoms with E-state index in [1.807, 2.05) is 0 Å². The number of para-hydroxylation sites is 1. The molecule has 0 aliphatic carbocycles. The fourth-order valence-corrected chi connectivity index (χ4v) is 7.54. The second-order valence-electron chi connectivity index (χ2n) is 10.7. The van der Waals surface area contributed by atoms with Gasteiger partial charge in [0.2, 0.25) is 5.12 Å². The molecule has 0 aromatic heterocycles. The topological polar surface area (TPSA) is 183 Å². The van der Waals surface area contributed by atoms with Crippen molar-refractivity contribution in [3.05, 3.63) is 29.8 Å². The number of Topliss-reactive ketones (excluding diaryl/α,β-unsaturated/α-hetero) is 4. The van der Waals surface area contributed by atoms with Crippen molar-refractivity contribution in [3.8, 4) is 5.75 Å². The van der Waals surface area contributed by atoms with E-state index in [4.69, 9.17) is 4.74 Å². The summed E-state index contributed by atoms with van der Waals surface area (Å²) in [6.45, 7) is 5.18. The first-order chi connectivity index (χ1) is 21.5. The average Bonchev–Trinajstić information content (AvgIpc) is 2.97. The SMILES string of the molecule is CC(=O)CC(CSC(=O)C(CSC(=O)c1ccccc1OC(=O)C(CSC(=O)C(CS)CC(C)=O)CC(C)=O)CC(C)=O)C(=O)O. The Morgan fingerprint density at radius 3 is 1.61 bits per heavy atom. The minimum absolute atomic E-state index is 0.00294. The van der Waals surface area contributed by atoms with Crippen molar-refractivity contribution in [1.29, 1.82) is 0 Å². The smallest absolute Gasteiger partial charge is 0.315 e. The van der Waals surface area contributed by atoms with Crippen LogP contribution in [-0.4, -0.2) is 78.5 Å². The Bertz CT molecular complexity index is 1330. The third kappa shape index (κ3) is 15.7. The van der Waals surface area contributed by atoms with Crippen LogP contribution in [0, 0.1) is 23.7 Å². The molecule has 0 saturated carbocycles. The van der Waals surface area contributed by atoms with Gasteiger partial charge in [-0.25, -0.2) is 0 Å². The van der Waals surface area contributed by atoms with Gasteiger partial charge < -0.3 is 29.0 Å². The molecule has 0 spiro atoms. The highest BCUT2D eigenvalue weighted by Gasteiger charge is 2.29. The van der Waals surface area contributed by atoms with Crippen LogP contribution < -0.4 is 4.74 Å². The monoisotopic (exact) mass is 714 g/mol. The van der Waals surface area contributed by atoms with Gasteiger partial charge in [0.15, 0.2) is 10.2 Å². The number of esters is 1. The molecular weight excluding hydrogens is 677 g/mol. The molecule has 0 saturated heterocycles. The third-order valence-corrected chi connectivity index (χ3v) is 10.2. The normalized spacial score (nSPS) is 13.5. The number of hydrogen-bond acceptors (Lipinski definition) is 14. The fraction of sp³-hybridized carbons (Fsp3) is 0.516. The molecule has 0 radical (unpaired) electrons. The molecule has 0 heterocycles. The quantitative estimate of drug-likeness (QED) is 0.104. The van der Waals surface area contributed by atoms with E-state index in [1.165, 1.54) is 52.0 Å². The lowest BCUT2D eigenvalue weighted by molar-refractivity contribution is -0.142. The number of ketones is 4. The van der Waals surface area contributed by atoms with Crippen molar-refractivity contribution in [2.75, 3.05) is 23.0 Å². The van der Waals surface area contributed by atoms with E-state index >= 15 is 0 Å². The first kappa shape index (κ1) is 41.3. The summed E-state index contributed by atoms with van der Waals surface area (Å²) in [5.41, 5.74) is -0.00294. The molecule has 15 heteroatoms. The number of benzene rings is 1. The molecule has 1 N–H and O–H groups in total. The summed E-state index contributed by atoms with van der Waals surface area (Å²) in [7, 11) is 0. The summed E-state index contributed by atoms with van der Waals surface area (Å²) < 4.78 is 5.52. The Balaban J connectivity index is 3.02. The molecule has 0 aliphatic heterocycles. The number of rotatable bonds is 21. The minimum atomic E-state index is -1.22. The van der Waals surface area contributed by atoms with Gasteiger partial charge in [-0.15, -0.1) is 0 Å². The summed E-state index contributed by atoms with van der Waals surface area (Å²) in [6.07, 6.45) is -0.640. The number of hydrogen-bond donors (Lipinski definition) is 2. The predicted molar refractivity (Wildman–Crippen MR) is 180 cm³/mol. The molecule has 4 atom stereocenters. The highest BCUT2D eigenvalue weighted by atomic mass is 32.2. The minimum Gasteiger partial charge on any atom is -0.481 e. The zero-order valence-electron chi connectivity index (χ0n) is 26.0. The van der Waals surface area contributed by atoms with E-state index in [0.29, 0.717) is 11.8 Å². The highest BCUT2D eigenvalue weighted by molar-refractivity contribution is 8.15. The van der Waals surface area contributed by atoms with Gasteiger partial charge in [-0.3, -0.25) is 24.0 Å². The number of carbonyl (C=O) groups is 9. The van der Waals surface area contributed by atoms with Crippen LogP contribution in [0.3, 0.4) is 0 Å². The van der Waals surface area contributed by atoms with Gasteiger partial charge in [0.25, 0.3) is 0 Å². The summed E-state index contributed by atoms with van der Waals surface area (Å²) in [6, 6.07) is 5.85. The van der Waals surface area contributed by atoms with Gasteiger partial charge >= 0.3 is 11.9 Å². The van der Waals surface area contributed by atoms with Crippen LogP contribution in [0.5, 0.6) is 5.75 Å². The zero-order chi connectivity index (χ0) is 35.0. The van der Waals surface area contributed by atoms with Crippen LogP contribution in [0.25, 0.3) is 0 Å². The van der Waals surface area contributed by atoms with E-state index in [9.17, 15) is 48.3 Å². The van der Waals surface area contributed by atoms with Crippen LogP contribution in [-0.2, 0) is 38.4 Å². The van der Waals surface area contributed by atoms with E-state index in [-0.39, 0.29) is 88.3 Å². The van der Waals surface area contributed by atoms with Crippen LogP contribution in [0.2, 0.25) is 0 Å². The van der Waals surface area contributed by atoms with Crippen molar-refractivity contribution < 1.29 is 53.0 Å². The van der Waals surface area contributed by atoms with E-state index in [1.54, 1.807) is 0 Å². The number of thioether (sulfide) groups is 3. The number of thiol groups is 1. The number of carboxylic acid groups (broad SMARTS) is 1. The van der Waals surface area contributed by atoms with Crippen LogP contribution in [0.4, 0.5) is 0 Å². The van der Waals surface area contributed by atoms with Crippen molar-refractivity contribution in [2.45, 2.75) is 53.4 Å². The molecule has 46 heavy (non-hydrogen) atoms. The summed E-state index contributed by atoms with van der Waals surface area (Å²) in [4.78, 5) is 110. The van der Waals surface area contributed by atoms with Gasteiger partial charge in [0.1, 0.15) is 28.9 Å².